The minimum absolute atomic E-state index is 0.0801. The van der Waals surface area contributed by atoms with E-state index >= 15 is 0 Å². The molecule has 1 atom stereocenters. The van der Waals surface area contributed by atoms with E-state index in [0.29, 0.717) is 57.8 Å². The molecule has 4 aromatic rings. The molecule has 0 saturated carbocycles. The van der Waals surface area contributed by atoms with Gasteiger partial charge in [-0.1, -0.05) is 66.7 Å². The van der Waals surface area contributed by atoms with Crippen LogP contribution in [0.15, 0.2) is 114 Å². The van der Waals surface area contributed by atoms with Crippen LogP contribution < -0.4 is 9.80 Å². The SMILES string of the molecule is CC(=O)N1CCN(c2ccc(CN(C(=O)C=Cc3ccc(S(C)(=O)=O)cc3)C(Cc3ccccc3)C(=O)N3CCN(Cc4ccc(N(C)CCO)cc4)CC3)cc2)CC1. The molecule has 2 heterocycles. The topological polar surface area (TPSA) is 125 Å². The van der Waals surface area contributed by atoms with Gasteiger partial charge >= 0.3 is 0 Å². The molecule has 1 N–H and O–H groups in total. The second-order valence-corrected chi connectivity index (χ2v) is 17.4. The third-order valence-corrected chi connectivity index (χ3v) is 12.4. The lowest BCUT2D eigenvalue weighted by molar-refractivity contribution is -0.145. The zero-order valence-electron chi connectivity index (χ0n) is 34.3. The summed E-state index contributed by atoms with van der Waals surface area (Å²) in [4.78, 5) is 53.3. The first kappa shape index (κ1) is 43.1. The Hall–Kier alpha value is -5.50. The van der Waals surface area contributed by atoms with Crippen molar-refractivity contribution in [2.45, 2.75) is 37.4 Å². The van der Waals surface area contributed by atoms with Crippen LogP contribution in [0.4, 0.5) is 11.4 Å². The van der Waals surface area contributed by atoms with Crippen molar-refractivity contribution in [3.63, 3.8) is 0 Å². The maximum absolute atomic E-state index is 14.8. The quantitative estimate of drug-likeness (QED) is 0.176. The molecule has 2 aliphatic heterocycles. The Kier molecular flexibility index (Phi) is 14.6. The van der Waals surface area contributed by atoms with Crippen molar-refractivity contribution >= 4 is 45.0 Å². The zero-order chi connectivity index (χ0) is 41.9. The summed E-state index contributed by atoms with van der Waals surface area (Å²) >= 11 is 0. The van der Waals surface area contributed by atoms with Gasteiger partial charge in [0.05, 0.1) is 11.5 Å². The second-order valence-electron chi connectivity index (χ2n) is 15.4. The molecule has 0 radical (unpaired) electrons. The molecule has 2 fully saturated rings. The van der Waals surface area contributed by atoms with Gasteiger partial charge in [0.2, 0.25) is 17.7 Å². The number of piperazine rings is 2. The summed E-state index contributed by atoms with van der Waals surface area (Å²) in [6, 6.07) is 31.8. The Balaban J connectivity index is 1.22. The Labute approximate surface area is 348 Å². The number of hydrogen-bond donors (Lipinski definition) is 1. The first-order valence-corrected chi connectivity index (χ1v) is 22.1. The summed E-state index contributed by atoms with van der Waals surface area (Å²) < 4.78 is 24.1. The molecule has 4 aromatic carbocycles. The van der Waals surface area contributed by atoms with Gasteiger partial charge in [-0.2, -0.15) is 0 Å². The van der Waals surface area contributed by atoms with Crippen LogP contribution in [0.25, 0.3) is 6.08 Å². The number of hydrogen-bond acceptors (Lipinski definition) is 9. The van der Waals surface area contributed by atoms with Crippen molar-refractivity contribution in [2.75, 3.05) is 88.6 Å². The van der Waals surface area contributed by atoms with Crippen LogP contribution in [0.2, 0.25) is 0 Å². The van der Waals surface area contributed by atoms with E-state index in [1.165, 1.54) is 23.8 Å². The minimum atomic E-state index is -3.37. The van der Waals surface area contributed by atoms with E-state index in [1.54, 1.807) is 30.0 Å². The first-order valence-electron chi connectivity index (χ1n) is 20.2. The molecule has 3 amide bonds. The van der Waals surface area contributed by atoms with E-state index < -0.39 is 15.9 Å². The average Bonchev–Trinajstić information content (AvgIpc) is 3.25. The number of aliphatic hydroxyl groups is 1. The summed E-state index contributed by atoms with van der Waals surface area (Å²) in [5.41, 5.74) is 5.73. The van der Waals surface area contributed by atoms with Crippen LogP contribution >= 0.6 is 0 Å². The Morgan fingerprint density at radius 2 is 1.36 bits per heavy atom. The number of benzene rings is 4. The van der Waals surface area contributed by atoms with E-state index in [1.807, 2.05) is 76.3 Å². The van der Waals surface area contributed by atoms with Crippen LogP contribution in [0, 0.1) is 0 Å². The predicted octanol–water partition coefficient (Wildman–Crippen LogP) is 4.18. The third kappa shape index (κ3) is 11.8. The standard InChI is InChI=1S/C46H56N6O6S/c1-36(54)49-27-29-50(30-28-49)42-18-11-40(12-19-42)35-52(45(55)22-15-37-13-20-43(21-14-37)59(3,57)58)44(33-38-7-5-4-6-8-38)46(56)51-25-23-48(24-26-51)34-39-9-16-41(17-10-39)47(2)31-32-53/h4-22,44,53H,23-35H2,1-3H3. The van der Waals surface area contributed by atoms with E-state index in [4.69, 9.17) is 0 Å². The number of carbonyl (C=O) groups excluding carboxylic acids is 3. The van der Waals surface area contributed by atoms with Crippen LogP contribution in [-0.4, -0.2) is 136 Å². The van der Waals surface area contributed by atoms with Gasteiger partial charge in [0.1, 0.15) is 6.04 Å². The lowest BCUT2D eigenvalue weighted by Gasteiger charge is -2.39. The molecular weight excluding hydrogens is 765 g/mol. The zero-order valence-corrected chi connectivity index (χ0v) is 35.1. The number of likely N-dealkylation sites (N-methyl/N-ethyl adjacent to an activating group) is 1. The Bertz CT molecular complexity index is 2150. The van der Waals surface area contributed by atoms with Gasteiger partial charge in [-0.3, -0.25) is 19.3 Å². The Morgan fingerprint density at radius 3 is 1.95 bits per heavy atom. The van der Waals surface area contributed by atoms with Crippen LogP contribution in [0.3, 0.4) is 0 Å². The summed E-state index contributed by atoms with van der Waals surface area (Å²) in [6.45, 7) is 8.42. The van der Waals surface area contributed by atoms with Gasteiger partial charge < -0.3 is 29.6 Å². The summed E-state index contributed by atoms with van der Waals surface area (Å²) in [7, 11) is -1.42. The molecule has 0 spiro atoms. The third-order valence-electron chi connectivity index (χ3n) is 11.2. The van der Waals surface area contributed by atoms with Crippen LogP contribution in [-0.2, 0) is 43.7 Å². The fraction of sp³-hybridized carbons (Fsp3) is 0.370. The molecule has 59 heavy (non-hydrogen) atoms. The highest BCUT2D eigenvalue weighted by atomic mass is 32.2. The molecule has 0 aliphatic carbocycles. The number of aliphatic hydroxyl groups excluding tert-OH is 1. The van der Waals surface area contributed by atoms with Gasteiger partial charge in [-0.25, -0.2) is 8.42 Å². The van der Waals surface area contributed by atoms with Crippen LogP contribution in [0.5, 0.6) is 0 Å². The summed E-state index contributed by atoms with van der Waals surface area (Å²) in [5.74, 6) is -0.358. The molecular formula is C46H56N6O6S. The number of rotatable bonds is 15. The molecule has 1 unspecified atom stereocenters. The number of anilines is 2. The number of carbonyl (C=O) groups is 3. The van der Waals surface area contributed by atoms with Crippen molar-refractivity contribution in [1.29, 1.82) is 0 Å². The second kappa shape index (κ2) is 20.0. The molecule has 0 aromatic heterocycles. The van der Waals surface area contributed by atoms with Crippen molar-refractivity contribution < 1.29 is 27.9 Å². The summed E-state index contributed by atoms with van der Waals surface area (Å²) in [5, 5.41) is 9.30. The number of amides is 3. The average molecular weight is 821 g/mol. The molecule has 2 aliphatic rings. The van der Waals surface area contributed by atoms with Gasteiger partial charge in [-0.15, -0.1) is 0 Å². The largest absolute Gasteiger partial charge is 0.395 e. The fourth-order valence-electron chi connectivity index (χ4n) is 7.62. The molecule has 12 nitrogen and oxygen atoms in total. The minimum Gasteiger partial charge on any atom is -0.395 e. The molecule has 2 saturated heterocycles. The van der Waals surface area contributed by atoms with Crippen molar-refractivity contribution in [1.82, 2.24) is 19.6 Å². The number of sulfone groups is 1. The lowest BCUT2D eigenvalue weighted by atomic mass is 10.0. The smallest absolute Gasteiger partial charge is 0.247 e. The fourth-order valence-corrected chi connectivity index (χ4v) is 8.25. The van der Waals surface area contributed by atoms with Gasteiger partial charge in [0.15, 0.2) is 9.84 Å². The maximum Gasteiger partial charge on any atom is 0.247 e. The maximum atomic E-state index is 14.8. The van der Waals surface area contributed by atoms with E-state index in [9.17, 15) is 27.9 Å². The molecule has 0 bridgehead atoms. The van der Waals surface area contributed by atoms with E-state index in [2.05, 4.69) is 34.1 Å². The normalized spacial score (nSPS) is 15.6. The van der Waals surface area contributed by atoms with Crippen LogP contribution in [0.1, 0.15) is 29.2 Å². The van der Waals surface area contributed by atoms with Crippen molar-refractivity contribution in [3.8, 4) is 0 Å². The highest BCUT2D eigenvalue weighted by Gasteiger charge is 2.34. The van der Waals surface area contributed by atoms with E-state index in [0.717, 1.165) is 48.4 Å². The highest BCUT2D eigenvalue weighted by Crippen LogP contribution is 2.23. The monoisotopic (exact) mass is 820 g/mol. The summed E-state index contributed by atoms with van der Waals surface area (Å²) in [6.07, 6.45) is 4.61. The highest BCUT2D eigenvalue weighted by molar-refractivity contribution is 7.90. The molecule has 6 rings (SSSR count). The van der Waals surface area contributed by atoms with Gasteiger partial charge in [0.25, 0.3) is 0 Å². The van der Waals surface area contributed by atoms with E-state index in [-0.39, 0.29) is 35.8 Å². The molecule has 312 valence electrons. The van der Waals surface area contributed by atoms with Gasteiger partial charge in [0, 0.05) is 116 Å². The Morgan fingerprint density at radius 1 is 0.746 bits per heavy atom. The lowest BCUT2D eigenvalue weighted by Crippen LogP contribution is -2.56. The number of nitrogens with zero attached hydrogens (tertiary/aromatic N) is 6. The molecule has 13 heteroatoms. The van der Waals surface area contributed by atoms with Crippen molar-refractivity contribution in [2.24, 2.45) is 0 Å². The predicted molar refractivity (Wildman–Crippen MR) is 233 cm³/mol. The van der Waals surface area contributed by atoms with Crippen molar-refractivity contribution in [3.05, 3.63) is 131 Å². The first-order chi connectivity index (χ1) is 28.4. The van der Waals surface area contributed by atoms with Gasteiger partial charge in [-0.05, 0) is 64.7 Å².